The van der Waals surface area contributed by atoms with Crippen molar-refractivity contribution in [2.45, 2.75) is 32.2 Å². The van der Waals surface area contributed by atoms with Gasteiger partial charge >= 0.3 is 0 Å². The Hall–Kier alpha value is -1.44. The zero-order valence-corrected chi connectivity index (χ0v) is 16.4. The third kappa shape index (κ3) is 7.85. The number of piperazine rings is 1. The van der Waals surface area contributed by atoms with Crippen molar-refractivity contribution in [2.75, 3.05) is 66.0 Å². The van der Waals surface area contributed by atoms with Crippen molar-refractivity contribution >= 4 is 11.8 Å². The molecule has 0 atom stereocenters. The third-order valence-electron chi connectivity index (χ3n) is 5.30. The van der Waals surface area contributed by atoms with Gasteiger partial charge in [0.05, 0.1) is 0 Å². The van der Waals surface area contributed by atoms with Crippen molar-refractivity contribution in [3.05, 3.63) is 12.2 Å². The number of carbonyl (C=O) groups excluding carboxylic acids is 2. The van der Waals surface area contributed by atoms with Crippen LogP contribution in [0.15, 0.2) is 12.2 Å². The molecule has 0 radical (unpaired) electrons. The van der Waals surface area contributed by atoms with E-state index >= 15 is 0 Å². The molecule has 2 aliphatic heterocycles. The summed E-state index contributed by atoms with van der Waals surface area (Å²) in [6.07, 6.45) is 5.39. The first-order chi connectivity index (χ1) is 12.6. The Morgan fingerprint density at radius 3 is 2.35 bits per heavy atom. The molecule has 0 spiro atoms. The molecular formula is C19H35N5O2. The van der Waals surface area contributed by atoms with Crippen molar-refractivity contribution < 1.29 is 9.59 Å². The van der Waals surface area contributed by atoms with E-state index in [0.29, 0.717) is 6.54 Å². The number of nitrogens with zero attached hydrogens (tertiary/aromatic N) is 3. The zero-order valence-electron chi connectivity index (χ0n) is 16.4. The minimum absolute atomic E-state index is 0.00241. The van der Waals surface area contributed by atoms with Gasteiger partial charge in [-0.25, -0.2) is 0 Å². The molecule has 2 rings (SSSR count). The van der Waals surface area contributed by atoms with E-state index in [9.17, 15) is 9.59 Å². The molecule has 148 valence electrons. The van der Waals surface area contributed by atoms with Crippen LogP contribution in [0, 0.1) is 0 Å². The fourth-order valence-corrected chi connectivity index (χ4v) is 3.44. The number of rotatable bonds is 8. The quantitative estimate of drug-likeness (QED) is 0.588. The van der Waals surface area contributed by atoms with E-state index in [4.69, 9.17) is 0 Å². The molecule has 0 aromatic carbocycles. The largest absolute Gasteiger partial charge is 0.353 e. The number of piperidine rings is 1. The lowest BCUT2D eigenvalue weighted by Gasteiger charge is -2.33. The number of hydrogen-bond acceptors (Lipinski definition) is 5. The normalized spacial score (nSPS) is 21.2. The van der Waals surface area contributed by atoms with Crippen LogP contribution in [0.2, 0.25) is 0 Å². The highest BCUT2D eigenvalue weighted by atomic mass is 16.2. The zero-order chi connectivity index (χ0) is 18.8. The Bertz CT molecular complexity index is 467. The van der Waals surface area contributed by atoms with Crippen molar-refractivity contribution in [3.63, 3.8) is 0 Å². The fourth-order valence-electron chi connectivity index (χ4n) is 3.44. The number of nitrogens with one attached hydrogen (secondary N) is 2. The van der Waals surface area contributed by atoms with Gasteiger partial charge < -0.3 is 20.4 Å². The number of likely N-dealkylation sites (N-methyl/N-ethyl adjacent to an activating group) is 1. The van der Waals surface area contributed by atoms with Crippen molar-refractivity contribution in [1.82, 2.24) is 25.3 Å². The molecule has 0 aromatic rings. The van der Waals surface area contributed by atoms with Gasteiger partial charge in [-0.3, -0.25) is 14.5 Å². The van der Waals surface area contributed by atoms with Gasteiger partial charge in [-0.1, -0.05) is 13.0 Å². The maximum absolute atomic E-state index is 11.9. The lowest BCUT2D eigenvalue weighted by Crippen LogP contribution is -2.48. The van der Waals surface area contributed by atoms with Crippen LogP contribution in [0.25, 0.3) is 0 Å². The van der Waals surface area contributed by atoms with Crippen molar-refractivity contribution in [1.29, 1.82) is 0 Å². The molecule has 2 fully saturated rings. The molecule has 0 saturated carbocycles. The van der Waals surface area contributed by atoms with Crippen LogP contribution < -0.4 is 10.6 Å². The van der Waals surface area contributed by atoms with E-state index in [1.807, 2.05) is 0 Å². The summed E-state index contributed by atoms with van der Waals surface area (Å²) < 4.78 is 0. The molecule has 2 N–H and O–H groups in total. The molecular weight excluding hydrogens is 330 g/mol. The van der Waals surface area contributed by atoms with Crippen LogP contribution in [0.5, 0.6) is 0 Å². The summed E-state index contributed by atoms with van der Waals surface area (Å²) >= 11 is 0. The SMILES string of the molecule is CCN1CCN(CCNC(=O)C=CCC(=O)NC2CCN(C)CC2)CC1. The molecule has 0 aromatic heterocycles. The lowest BCUT2D eigenvalue weighted by atomic mass is 10.1. The minimum atomic E-state index is -0.121. The first kappa shape index (κ1) is 20.9. The van der Waals surface area contributed by atoms with Crippen molar-refractivity contribution in [2.24, 2.45) is 0 Å². The van der Waals surface area contributed by atoms with Crippen molar-refractivity contribution in [3.8, 4) is 0 Å². The highest BCUT2D eigenvalue weighted by molar-refractivity contribution is 5.88. The summed E-state index contributed by atoms with van der Waals surface area (Å²) in [6, 6.07) is 0.272. The average Bonchev–Trinajstić information content (AvgIpc) is 2.64. The van der Waals surface area contributed by atoms with Crippen LogP contribution in [0.1, 0.15) is 26.2 Å². The monoisotopic (exact) mass is 365 g/mol. The second kappa shape index (κ2) is 11.3. The molecule has 7 heteroatoms. The summed E-state index contributed by atoms with van der Waals surface area (Å²) in [7, 11) is 2.10. The Kier molecular flexibility index (Phi) is 9.08. The van der Waals surface area contributed by atoms with Gasteiger partial charge in [-0.2, -0.15) is 0 Å². The Morgan fingerprint density at radius 1 is 1.04 bits per heavy atom. The molecule has 2 heterocycles. The van der Waals surface area contributed by atoms with Crippen LogP contribution >= 0.6 is 0 Å². The number of carbonyl (C=O) groups is 2. The maximum atomic E-state index is 11.9. The van der Waals surface area contributed by atoms with E-state index in [0.717, 1.165) is 65.2 Å². The van der Waals surface area contributed by atoms with Crippen LogP contribution in [0.3, 0.4) is 0 Å². The van der Waals surface area contributed by atoms with E-state index < -0.39 is 0 Å². The maximum Gasteiger partial charge on any atom is 0.243 e. The summed E-state index contributed by atoms with van der Waals surface area (Å²) in [6.45, 7) is 11.2. The third-order valence-corrected chi connectivity index (χ3v) is 5.30. The first-order valence-electron chi connectivity index (χ1n) is 9.93. The predicted molar refractivity (Wildman–Crippen MR) is 104 cm³/mol. The predicted octanol–water partition coefficient (Wildman–Crippen LogP) is -0.103. The van der Waals surface area contributed by atoms with Gasteiger partial charge in [0, 0.05) is 51.7 Å². The lowest BCUT2D eigenvalue weighted by molar-refractivity contribution is -0.121. The van der Waals surface area contributed by atoms with E-state index in [1.54, 1.807) is 6.08 Å². The Morgan fingerprint density at radius 2 is 1.69 bits per heavy atom. The standard InChI is InChI=1S/C19H35N5O2/c1-3-23-13-15-24(16-14-23)12-9-20-18(25)5-4-6-19(26)21-17-7-10-22(2)11-8-17/h4-5,17H,3,6-16H2,1-2H3,(H,20,25)(H,21,26). The second-order valence-corrected chi connectivity index (χ2v) is 7.32. The highest BCUT2D eigenvalue weighted by Crippen LogP contribution is 2.08. The molecule has 2 saturated heterocycles. The number of hydrogen-bond donors (Lipinski definition) is 2. The Balaban J connectivity index is 1.52. The average molecular weight is 366 g/mol. The molecule has 2 aliphatic rings. The number of amides is 2. The van der Waals surface area contributed by atoms with E-state index in [2.05, 4.69) is 39.3 Å². The second-order valence-electron chi connectivity index (χ2n) is 7.32. The molecule has 7 nitrogen and oxygen atoms in total. The topological polar surface area (TPSA) is 67.9 Å². The van der Waals surface area contributed by atoms with Gasteiger partial charge in [0.25, 0.3) is 0 Å². The van der Waals surface area contributed by atoms with Crippen LogP contribution in [-0.2, 0) is 9.59 Å². The van der Waals surface area contributed by atoms with Gasteiger partial charge in [0.2, 0.25) is 11.8 Å². The molecule has 26 heavy (non-hydrogen) atoms. The first-order valence-corrected chi connectivity index (χ1v) is 9.93. The van der Waals surface area contributed by atoms with Gasteiger partial charge in [0.15, 0.2) is 0 Å². The van der Waals surface area contributed by atoms with Gasteiger partial charge in [-0.15, -0.1) is 0 Å². The molecule has 0 aliphatic carbocycles. The highest BCUT2D eigenvalue weighted by Gasteiger charge is 2.18. The summed E-state index contributed by atoms with van der Waals surface area (Å²) in [5, 5.41) is 5.95. The molecule has 2 amide bonds. The molecule has 0 unspecified atom stereocenters. The van der Waals surface area contributed by atoms with Crippen LogP contribution in [0.4, 0.5) is 0 Å². The Labute approximate surface area is 157 Å². The van der Waals surface area contributed by atoms with Gasteiger partial charge in [0.1, 0.15) is 0 Å². The summed E-state index contributed by atoms with van der Waals surface area (Å²) in [4.78, 5) is 30.9. The number of likely N-dealkylation sites (tertiary alicyclic amines) is 1. The summed E-state index contributed by atoms with van der Waals surface area (Å²) in [5.41, 5.74) is 0. The van der Waals surface area contributed by atoms with E-state index in [-0.39, 0.29) is 24.3 Å². The fraction of sp³-hybridized carbons (Fsp3) is 0.789. The minimum Gasteiger partial charge on any atom is -0.353 e. The smallest absolute Gasteiger partial charge is 0.243 e. The molecule has 0 bridgehead atoms. The van der Waals surface area contributed by atoms with E-state index in [1.165, 1.54) is 6.08 Å². The van der Waals surface area contributed by atoms with Gasteiger partial charge in [-0.05, 0) is 45.6 Å². The van der Waals surface area contributed by atoms with Crippen LogP contribution in [-0.4, -0.2) is 98.5 Å². The summed E-state index contributed by atoms with van der Waals surface area (Å²) in [5.74, 6) is -0.123.